The van der Waals surface area contributed by atoms with Gasteiger partial charge >= 0.3 is 5.97 Å². The summed E-state index contributed by atoms with van der Waals surface area (Å²) in [6.07, 6.45) is 0. The van der Waals surface area contributed by atoms with E-state index in [9.17, 15) is 4.79 Å². The quantitative estimate of drug-likeness (QED) is 0.898. The lowest BCUT2D eigenvalue weighted by Gasteiger charge is -2.18. The maximum absolute atomic E-state index is 11.0. The Morgan fingerprint density at radius 3 is 2.45 bits per heavy atom. The van der Waals surface area contributed by atoms with E-state index < -0.39 is 5.97 Å². The standard InChI is InChI=1S/C17H19NO2/c1-10-7-8-15(12(3)11(10)2)16(18)13-5-4-6-14(9-13)17(19)20/h4-9,16H,18H2,1-3H3,(H,19,20). The zero-order valence-corrected chi connectivity index (χ0v) is 12.0. The fourth-order valence-corrected chi connectivity index (χ4v) is 2.36. The summed E-state index contributed by atoms with van der Waals surface area (Å²) in [7, 11) is 0. The van der Waals surface area contributed by atoms with E-state index in [1.54, 1.807) is 18.2 Å². The number of aromatic carboxylic acids is 1. The van der Waals surface area contributed by atoms with E-state index in [4.69, 9.17) is 10.8 Å². The van der Waals surface area contributed by atoms with E-state index in [0.717, 1.165) is 11.1 Å². The number of benzene rings is 2. The molecule has 0 saturated carbocycles. The fraction of sp³-hybridized carbons (Fsp3) is 0.235. The number of nitrogens with two attached hydrogens (primary N) is 1. The summed E-state index contributed by atoms with van der Waals surface area (Å²) in [4.78, 5) is 11.0. The first-order valence-corrected chi connectivity index (χ1v) is 6.57. The molecule has 0 heterocycles. The highest BCUT2D eigenvalue weighted by Crippen LogP contribution is 2.26. The largest absolute Gasteiger partial charge is 0.478 e. The minimum Gasteiger partial charge on any atom is -0.478 e. The van der Waals surface area contributed by atoms with Gasteiger partial charge < -0.3 is 10.8 Å². The van der Waals surface area contributed by atoms with Crippen molar-refractivity contribution in [1.82, 2.24) is 0 Å². The van der Waals surface area contributed by atoms with Crippen molar-refractivity contribution < 1.29 is 9.90 Å². The molecule has 3 N–H and O–H groups in total. The van der Waals surface area contributed by atoms with Crippen LogP contribution in [0.15, 0.2) is 36.4 Å². The lowest BCUT2D eigenvalue weighted by atomic mass is 9.91. The first kappa shape index (κ1) is 14.3. The lowest BCUT2D eigenvalue weighted by molar-refractivity contribution is 0.0696. The molecule has 0 radical (unpaired) electrons. The highest BCUT2D eigenvalue weighted by atomic mass is 16.4. The van der Waals surface area contributed by atoms with E-state index in [2.05, 4.69) is 26.8 Å². The Balaban J connectivity index is 2.46. The van der Waals surface area contributed by atoms with Crippen molar-refractivity contribution in [3.8, 4) is 0 Å². The van der Waals surface area contributed by atoms with Crippen LogP contribution in [0.5, 0.6) is 0 Å². The average molecular weight is 269 g/mol. The first-order chi connectivity index (χ1) is 9.41. The third kappa shape index (κ3) is 2.58. The van der Waals surface area contributed by atoms with Crippen LogP contribution in [-0.4, -0.2) is 11.1 Å². The van der Waals surface area contributed by atoms with Crippen LogP contribution in [-0.2, 0) is 0 Å². The Labute approximate surface area is 119 Å². The summed E-state index contributed by atoms with van der Waals surface area (Å²) in [6.45, 7) is 6.20. The molecule has 0 amide bonds. The summed E-state index contributed by atoms with van der Waals surface area (Å²) in [5.41, 5.74) is 12.1. The Morgan fingerprint density at radius 1 is 1.10 bits per heavy atom. The molecule has 0 aliphatic carbocycles. The van der Waals surface area contributed by atoms with E-state index >= 15 is 0 Å². The highest BCUT2D eigenvalue weighted by molar-refractivity contribution is 5.87. The first-order valence-electron chi connectivity index (χ1n) is 6.57. The molecule has 3 nitrogen and oxygen atoms in total. The number of hydrogen-bond donors (Lipinski definition) is 2. The van der Waals surface area contributed by atoms with Gasteiger partial charge in [-0.3, -0.25) is 0 Å². The van der Waals surface area contributed by atoms with Crippen molar-refractivity contribution in [2.45, 2.75) is 26.8 Å². The molecule has 20 heavy (non-hydrogen) atoms. The topological polar surface area (TPSA) is 63.3 Å². The van der Waals surface area contributed by atoms with Crippen LogP contribution in [0.2, 0.25) is 0 Å². The molecule has 0 aliphatic heterocycles. The minimum absolute atomic E-state index is 0.263. The maximum atomic E-state index is 11.0. The molecule has 0 aliphatic rings. The fourth-order valence-electron chi connectivity index (χ4n) is 2.36. The van der Waals surface area contributed by atoms with Gasteiger partial charge in [-0.1, -0.05) is 24.3 Å². The van der Waals surface area contributed by atoms with Crippen molar-refractivity contribution in [3.05, 3.63) is 69.8 Å². The van der Waals surface area contributed by atoms with Gasteiger partial charge in [0.15, 0.2) is 0 Å². The number of carboxylic acid groups (broad SMARTS) is 1. The number of hydrogen-bond acceptors (Lipinski definition) is 2. The molecule has 3 heteroatoms. The molecule has 2 aromatic carbocycles. The second kappa shape index (κ2) is 5.47. The molecule has 0 aromatic heterocycles. The molecule has 0 bridgehead atoms. The van der Waals surface area contributed by atoms with Gasteiger partial charge in [0.25, 0.3) is 0 Å². The lowest BCUT2D eigenvalue weighted by Crippen LogP contribution is -2.15. The molecular formula is C17H19NO2. The van der Waals surface area contributed by atoms with Gasteiger partial charge in [0.05, 0.1) is 11.6 Å². The Hall–Kier alpha value is -2.13. The summed E-state index contributed by atoms with van der Waals surface area (Å²) in [5, 5.41) is 9.06. The average Bonchev–Trinajstić information content (AvgIpc) is 2.44. The third-order valence-corrected chi connectivity index (χ3v) is 3.93. The van der Waals surface area contributed by atoms with Crippen molar-refractivity contribution in [3.63, 3.8) is 0 Å². The van der Waals surface area contributed by atoms with Crippen LogP contribution >= 0.6 is 0 Å². The van der Waals surface area contributed by atoms with Crippen LogP contribution < -0.4 is 5.73 Å². The smallest absolute Gasteiger partial charge is 0.335 e. The number of aryl methyl sites for hydroxylation is 1. The second-order valence-electron chi connectivity index (χ2n) is 5.13. The summed E-state index contributed by atoms with van der Waals surface area (Å²) in [5.74, 6) is -0.934. The van der Waals surface area contributed by atoms with E-state index in [1.807, 2.05) is 12.1 Å². The molecule has 0 saturated heterocycles. The summed E-state index contributed by atoms with van der Waals surface area (Å²) < 4.78 is 0. The molecular weight excluding hydrogens is 250 g/mol. The molecule has 0 spiro atoms. The Bertz CT molecular complexity index is 662. The van der Waals surface area contributed by atoms with E-state index in [0.29, 0.717) is 0 Å². The number of rotatable bonds is 3. The molecule has 2 aromatic rings. The third-order valence-electron chi connectivity index (χ3n) is 3.93. The van der Waals surface area contributed by atoms with Gasteiger partial charge in [-0.05, 0) is 60.7 Å². The predicted molar refractivity (Wildman–Crippen MR) is 80.1 cm³/mol. The predicted octanol–water partition coefficient (Wildman–Crippen LogP) is 3.36. The van der Waals surface area contributed by atoms with Gasteiger partial charge in [0, 0.05) is 0 Å². The van der Waals surface area contributed by atoms with Gasteiger partial charge in [0.1, 0.15) is 0 Å². The van der Waals surface area contributed by atoms with Crippen LogP contribution in [0, 0.1) is 20.8 Å². The summed E-state index contributed by atoms with van der Waals surface area (Å²) >= 11 is 0. The summed E-state index contributed by atoms with van der Waals surface area (Å²) in [6, 6.07) is 10.6. The molecule has 1 unspecified atom stereocenters. The normalized spacial score (nSPS) is 12.2. The zero-order valence-electron chi connectivity index (χ0n) is 12.0. The van der Waals surface area contributed by atoms with E-state index in [-0.39, 0.29) is 11.6 Å². The maximum Gasteiger partial charge on any atom is 0.335 e. The van der Waals surface area contributed by atoms with Crippen LogP contribution in [0.1, 0.15) is 44.2 Å². The highest BCUT2D eigenvalue weighted by Gasteiger charge is 2.15. The van der Waals surface area contributed by atoms with Gasteiger partial charge in [-0.15, -0.1) is 0 Å². The Morgan fingerprint density at radius 2 is 1.80 bits per heavy atom. The Kier molecular flexibility index (Phi) is 3.91. The van der Waals surface area contributed by atoms with Crippen molar-refractivity contribution in [2.24, 2.45) is 5.73 Å². The molecule has 2 rings (SSSR count). The van der Waals surface area contributed by atoms with Crippen LogP contribution in [0.25, 0.3) is 0 Å². The van der Waals surface area contributed by atoms with Crippen molar-refractivity contribution >= 4 is 5.97 Å². The number of carbonyl (C=O) groups is 1. The van der Waals surface area contributed by atoms with E-state index in [1.165, 1.54) is 16.7 Å². The van der Waals surface area contributed by atoms with Crippen molar-refractivity contribution in [1.29, 1.82) is 0 Å². The SMILES string of the molecule is Cc1ccc(C(N)c2cccc(C(=O)O)c2)c(C)c1C. The van der Waals surface area contributed by atoms with Crippen LogP contribution in [0.4, 0.5) is 0 Å². The molecule has 104 valence electrons. The molecule has 1 atom stereocenters. The number of carboxylic acids is 1. The second-order valence-corrected chi connectivity index (χ2v) is 5.13. The minimum atomic E-state index is -0.934. The van der Waals surface area contributed by atoms with Crippen LogP contribution in [0.3, 0.4) is 0 Å². The van der Waals surface area contributed by atoms with Crippen molar-refractivity contribution in [2.75, 3.05) is 0 Å². The van der Waals surface area contributed by atoms with Gasteiger partial charge in [-0.25, -0.2) is 4.79 Å². The van der Waals surface area contributed by atoms with Gasteiger partial charge in [0.2, 0.25) is 0 Å². The monoisotopic (exact) mass is 269 g/mol. The van der Waals surface area contributed by atoms with Gasteiger partial charge in [-0.2, -0.15) is 0 Å². The zero-order chi connectivity index (χ0) is 14.9. The molecule has 0 fully saturated rings.